The summed E-state index contributed by atoms with van der Waals surface area (Å²) in [5.74, 6) is -1.40. The van der Waals surface area contributed by atoms with Crippen molar-refractivity contribution in [2.45, 2.75) is 13.5 Å². The van der Waals surface area contributed by atoms with E-state index in [4.69, 9.17) is 0 Å². The van der Waals surface area contributed by atoms with Crippen LogP contribution in [0.4, 0.5) is 10.5 Å². The lowest BCUT2D eigenvalue weighted by atomic mass is 10.2. The minimum absolute atomic E-state index is 0.0603. The van der Waals surface area contributed by atoms with E-state index < -0.39 is 22.8 Å². The van der Waals surface area contributed by atoms with E-state index in [9.17, 15) is 24.3 Å². The van der Waals surface area contributed by atoms with E-state index in [-0.39, 0.29) is 12.6 Å². The van der Waals surface area contributed by atoms with Gasteiger partial charge in [-0.2, -0.15) is 0 Å². The van der Waals surface area contributed by atoms with Crippen molar-refractivity contribution in [2.75, 3.05) is 18.0 Å². The molecule has 0 saturated carbocycles. The maximum Gasteiger partial charge on any atom is 0.342 e. The topological polar surface area (TPSA) is 114 Å². The Balaban J connectivity index is 2.09. The van der Waals surface area contributed by atoms with Gasteiger partial charge in [-0.25, -0.2) is 14.4 Å². The minimum atomic E-state index is -1.40. The molecule has 25 heavy (non-hydrogen) atoms. The van der Waals surface area contributed by atoms with Gasteiger partial charge in [-0.05, 0) is 31.2 Å². The van der Waals surface area contributed by atoms with Gasteiger partial charge in [0.1, 0.15) is 5.56 Å². The van der Waals surface area contributed by atoms with Crippen molar-refractivity contribution < 1.29 is 14.7 Å². The lowest BCUT2D eigenvalue weighted by Crippen LogP contribution is -2.41. The minimum Gasteiger partial charge on any atom is -0.477 e. The van der Waals surface area contributed by atoms with Crippen molar-refractivity contribution in [3.8, 4) is 5.69 Å². The van der Waals surface area contributed by atoms with Gasteiger partial charge in [0.2, 0.25) is 0 Å². The molecule has 0 radical (unpaired) electrons. The molecule has 1 aliphatic rings. The van der Waals surface area contributed by atoms with Crippen molar-refractivity contribution >= 4 is 17.7 Å². The lowest BCUT2D eigenvalue weighted by molar-refractivity contribution is 0.0693. The lowest BCUT2D eigenvalue weighted by Gasteiger charge is -2.15. The number of carboxylic acid groups (broad SMARTS) is 1. The number of benzene rings is 1. The molecule has 1 aromatic heterocycles. The molecule has 0 aliphatic carbocycles. The molecule has 9 nitrogen and oxygen atoms in total. The van der Waals surface area contributed by atoms with Crippen LogP contribution >= 0.6 is 0 Å². The SMILES string of the molecule is CCn1c(=O)c(C(=O)O)cn(-c2ccc(N3CCNC3=O)cc2)c1=O. The van der Waals surface area contributed by atoms with Gasteiger partial charge >= 0.3 is 17.7 Å². The first-order chi connectivity index (χ1) is 11.9. The van der Waals surface area contributed by atoms with Gasteiger partial charge in [-0.1, -0.05) is 0 Å². The summed E-state index contributed by atoms with van der Waals surface area (Å²) >= 11 is 0. The maximum atomic E-state index is 12.4. The molecule has 0 bridgehead atoms. The summed E-state index contributed by atoms with van der Waals surface area (Å²) in [6.45, 7) is 2.75. The number of aromatic carboxylic acids is 1. The number of rotatable bonds is 4. The fourth-order valence-electron chi connectivity index (χ4n) is 2.72. The molecule has 2 aromatic rings. The molecule has 0 unspecified atom stereocenters. The third-order valence-corrected chi connectivity index (χ3v) is 4.01. The van der Waals surface area contributed by atoms with Crippen LogP contribution in [0.2, 0.25) is 0 Å². The standard InChI is InChI=1S/C16H16N4O5/c1-2-18-13(21)12(14(22)23)9-20(16(18)25)11-5-3-10(4-6-11)19-8-7-17-15(19)24/h3-6,9H,2,7-8H2,1H3,(H,17,24)(H,22,23). The number of hydrogen-bond donors (Lipinski definition) is 2. The van der Waals surface area contributed by atoms with Gasteiger partial charge < -0.3 is 10.4 Å². The molecule has 130 valence electrons. The molecule has 0 spiro atoms. The fraction of sp³-hybridized carbons (Fsp3) is 0.250. The van der Waals surface area contributed by atoms with E-state index >= 15 is 0 Å². The molecule has 0 atom stereocenters. The number of nitrogens with one attached hydrogen (secondary N) is 1. The molecule has 3 rings (SSSR count). The molecule has 2 amide bonds. The quantitative estimate of drug-likeness (QED) is 0.825. The summed E-state index contributed by atoms with van der Waals surface area (Å²) in [4.78, 5) is 49.0. The zero-order valence-corrected chi connectivity index (χ0v) is 13.4. The molecular formula is C16H16N4O5. The third-order valence-electron chi connectivity index (χ3n) is 4.01. The zero-order valence-electron chi connectivity index (χ0n) is 13.4. The second kappa shape index (κ2) is 6.27. The van der Waals surface area contributed by atoms with Crippen LogP contribution in [0.15, 0.2) is 40.1 Å². The predicted octanol–water partition coefficient (Wildman–Crippen LogP) is 0.247. The Bertz CT molecular complexity index is 958. The number of aromatic nitrogens is 2. The summed E-state index contributed by atoms with van der Waals surface area (Å²) in [6.07, 6.45) is 1.02. The van der Waals surface area contributed by atoms with Gasteiger partial charge in [-0.15, -0.1) is 0 Å². The number of hydrogen-bond acceptors (Lipinski definition) is 4. The molecule has 2 N–H and O–H groups in total. The van der Waals surface area contributed by atoms with Crippen molar-refractivity contribution in [1.29, 1.82) is 0 Å². The van der Waals surface area contributed by atoms with Crippen molar-refractivity contribution in [2.24, 2.45) is 0 Å². The van der Waals surface area contributed by atoms with E-state index in [0.29, 0.717) is 24.5 Å². The summed E-state index contributed by atoms with van der Waals surface area (Å²) in [5.41, 5.74) is -0.873. The van der Waals surface area contributed by atoms with Gasteiger partial charge in [0, 0.05) is 31.5 Å². The van der Waals surface area contributed by atoms with E-state index in [1.165, 1.54) is 0 Å². The summed E-state index contributed by atoms with van der Waals surface area (Å²) in [6, 6.07) is 6.32. The molecule has 9 heteroatoms. The van der Waals surface area contributed by atoms with Crippen molar-refractivity contribution in [3.63, 3.8) is 0 Å². The number of carbonyl (C=O) groups excluding carboxylic acids is 1. The summed E-state index contributed by atoms with van der Waals surface area (Å²) in [7, 11) is 0. The Morgan fingerprint density at radius 2 is 1.80 bits per heavy atom. The Hall–Kier alpha value is -3.36. The highest BCUT2D eigenvalue weighted by atomic mass is 16.4. The molecule has 2 heterocycles. The molecule has 1 fully saturated rings. The Morgan fingerprint density at radius 3 is 2.32 bits per heavy atom. The summed E-state index contributed by atoms with van der Waals surface area (Å²) < 4.78 is 1.98. The first-order valence-electron chi connectivity index (χ1n) is 7.69. The number of amides is 2. The number of urea groups is 1. The van der Waals surface area contributed by atoms with Crippen LogP contribution in [0.1, 0.15) is 17.3 Å². The van der Waals surface area contributed by atoms with Crippen LogP contribution in [0.3, 0.4) is 0 Å². The smallest absolute Gasteiger partial charge is 0.342 e. The number of anilines is 1. The molecule has 1 aromatic carbocycles. The van der Waals surface area contributed by atoms with E-state index in [0.717, 1.165) is 15.3 Å². The van der Waals surface area contributed by atoms with E-state index in [1.807, 2.05) is 0 Å². The highest BCUT2D eigenvalue weighted by Crippen LogP contribution is 2.18. The van der Waals surface area contributed by atoms with E-state index in [2.05, 4.69) is 5.32 Å². The first kappa shape index (κ1) is 16.5. The summed E-state index contributed by atoms with van der Waals surface area (Å²) in [5, 5.41) is 11.9. The average Bonchev–Trinajstić information content (AvgIpc) is 3.01. The Morgan fingerprint density at radius 1 is 1.16 bits per heavy atom. The molecule has 1 saturated heterocycles. The largest absolute Gasteiger partial charge is 0.477 e. The maximum absolute atomic E-state index is 12.4. The van der Waals surface area contributed by atoms with E-state index in [1.54, 1.807) is 36.1 Å². The second-order valence-corrected chi connectivity index (χ2v) is 5.45. The monoisotopic (exact) mass is 344 g/mol. The van der Waals surface area contributed by atoms with Crippen molar-refractivity contribution in [1.82, 2.24) is 14.5 Å². The zero-order chi connectivity index (χ0) is 18.1. The van der Waals surface area contributed by atoms with Crippen LogP contribution in [0.25, 0.3) is 5.69 Å². The van der Waals surface area contributed by atoms with Gasteiger partial charge in [0.25, 0.3) is 5.56 Å². The van der Waals surface area contributed by atoms with Gasteiger partial charge in [0.15, 0.2) is 0 Å². The number of carboxylic acids is 1. The van der Waals surface area contributed by atoms with Crippen LogP contribution in [-0.4, -0.2) is 39.3 Å². The molecular weight excluding hydrogens is 328 g/mol. The number of nitrogens with zero attached hydrogens (tertiary/aromatic N) is 3. The van der Waals surface area contributed by atoms with Gasteiger partial charge in [-0.3, -0.25) is 18.8 Å². The first-order valence-corrected chi connectivity index (χ1v) is 7.69. The molecule has 1 aliphatic heterocycles. The average molecular weight is 344 g/mol. The Kier molecular flexibility index (Phi) is 4.14. The highest BCUT2D eigenvalue weighted by molar-refractivity contribution is 5.94. The van der Waals surface area contributed by atoms with Gasteiger partial charge in [0.05, 0.1) is 5.69 Å². The van der Waals surface area contributed by atoms with Crippen LogP contribution in [0.5, 0.6) is 0 Å². The normalized spacial score (nSPS) is 13.8. The number of carbonyl (C=O) groups is 2. The van der Waals surface area contributed by atoms with Crippen LogP contribution in [-0.2, 0) is 6.54 Å². The fourth-order valence-corrected chi connectivity index (χ4v) is 2.72. The predicted molar refractivity (Wildman–Crippen MR) is 89.7 cm³/mol. The Labute approximate surface area is 141 Å². The van der Waals surface area contributed by atoms with Crippen LogP contribution < -0.4 is 21.5 Å². The van der Waals surface area contributed by atoms with Crippen LogP contribution in [0, 0.1) is 0 Å². The highest BCUT2D eigenvalue weighted by Gasteiger charge is 2.21. The van der Waals surface area contributed by atoms with Crippen molar-refractivity contribution in [3.05, 3.63) is 56.9 Å². The third kappa shape index (κ3) is 2.80. The second-order valence-electron chi connectivity index (χ2n) is 5.45.